The third kappa shape index (κ3) is 4.08. The molecule has 1 aliphatic carbocycles. The highest BCUT2D eigenvalue weighted by atomic mass is 35.5. The number of amides is 1. The first-order valence-electron chi connectivity index (χ1n) is 7.66. The molecule has 0 saturated heterocycles. The lowest BCUT2D eigenvalue weighted by molar-refractivity contribution is -0.122. The van der Waals surface area contributed by atoms with Gasteiger partial charge in [-0.1, -0.05) is 17.7 Å². The van der Waals surface area contributed by atoms with Crippen LogP contribution in [0, 0.1) is 5.92 Å². The molecule has 3 rings (SSSR count). The van der Waals surface area contributed by atoms with Crippen molar-refractivity contribution in [3.8, 4) is 0 Å². The number of aromatic nitrogens is 1. The van der Waals surface area contributed by atoms with E-state index >= 15 is 0 Å². The van der Waals surface area contributed by atoms with Crippen molar-refractivity contribution >= 4 is 28.8 Å². The van der Waals surface area contributed by atoms with Gasteiger partial charge >= 0.3 is 0 Å². The SMILES string of the molecule is O=C(NCCCCc1ccc(Cl)s1)[C@@H]1C[C@@H]1c1cccnc1. The van der Waals surface area contributed by atoms with Crippen molar-refractivity contribution in [3.05, 3.63) is 51.4 Å². The van der Waals surface area contributed by atoms with E-state index in [1.807, 2.05) is 18.3 Å². The molecule has 1 aliphatic rings. The van der Waals surface area contributed by atoms with Crippen LogP contribution in [-0.4, -0.2) is 17.4 Å². The van der Waals surface area contributed by atoms with Gasteiger partial charge in [0.15, 0.2) is 0 Å². The lowest BCUT2D eigenvalue weighted by atomic mass is 10.1. The van der Waals surface area contributed by atoms with Crippen molar-refractivity contribution in [3.63, 3.8) is 0 Å². The smallest absolute Gasteiger partial charge is 0.223 e. The molecule has 3 nitrogen and oxygen atoms in total. The van der Waals surface area contributed by atoms with Crippen LogP contribution in [0.1, 0.15) is 35.6 Å². The van der Waals surface area contributed by atoms with Gasteiger partial charge in [0.1, 0.15) is 0 Å². The lowest BCUT2D eigenvalue weighted by Crippen LogP contribution is -2.26. The summed E-state index contributed by atoms with van der Waals surface area (Å²) < 4.78 is 0.846. The van der Waals surface area contributed by atoms with Crippen LogP contribution in [0.25, 0.3) is 0 Å². The molecule has 22 heavy (non-hydrogen) atoms. The van der Waals surface area contributed by atoms with E-state index in [9.17, 15) is 4.79 Å². The van der Waals surface area contributed by atoms with Crippen molar-refractivity contribution in [1.29, 1.82) is 0 Å². The van der Waals surface area contributed by atoms with Gasteiger partial charge in [-0.05, 0) is 55.4 Å². The van der Waals surface area contributed by atoms with E-state index in [1.54, 1.807) is 17.5 Å². The molecule has 1 fully saturated rings. The summed E-state index contributed by atoms with van der Waals surface area (Å²) in [6, 6.07) is 8.00. The Bertz CT molecular complexity index is 629. The zero-order valence-corrected chi connectivity index (χ0v) is 13.9. The van der Waals surface area contributed by atoms with Crippen LogP contribution in [0.5, 0.6) is 0 Å². The Morgan fingerprint density at radius 3 is 3.00 bits per heavy atom. The second kappa shape index (κ2) is 7.25. The van der Waals surface area contributed by atoms with Gasteiger partial charge in [0, 0.05) is 29.7 Å². The molecule has 1 N–H and O–H groups in total. The summed E-state index contributed by atoms with van der Waals surface area (Å²) in [5.74, 6) is 0.690. The van der Waals surface area contributed by atoms with Crippen LogP contribution in [0.15, 0.2) is 36.7 Å². The average Bonchev–Trinajstić information content (AvgIpc) is 3.24. The van der Waals surface area contributed by atoms with Crippen LogP contribution in [-0.2, 0) is 11.2 Å². The number of thiophene rings is 1. The molecule has 2 aromatic rings. The first-order chi connectivity index (χ1) is 10.7. The highest BCUT2D eigenvalue weighted by molar-refractivity contribution is 7.16. The van der Waals surface area contributed by atoms with E-state index in [2.05, 4.69) is 22.4 Å². The van der Waals surface area contributed by atoms with Crippen LogP contribution in [0.2, 0.25) is 4.34 Å². The predicted molar refractivity (Wildman–Crippen MR) is 90.4 cm³/mol. The highest BCUT2D eigenvalue weighted by Crippen LogP contribution is 2.47. The summed E-state index contributed by atoms with van der Waals surface area (Å²) in [6.07, 6.45) is 7.70. The molecule has 0 aromatic carbocycles. The Kier molecular flexibility index (Phi) is 5.11. The number of hydrogen-bond donors (Lipinski definition) is 1. The maximum atomic E-state index is 12.1. The van der Waals surface area contributed by atoms with E-state index in [1.165, 1.54) is 10.4 Å². The Hall–Kier alpha value is -1.39. The summed E-state index contributed by atoms with van der Waals surface area (Å²) >= 11 is 7.54. The third-order valence-electron chi connectivity index (χ3n) is 4.02. The number of pyridine rings is 1. The number of carbonyl (C=O) groups excluding carboxylic acids is 1. The van der Waals surface area contributed by atoms with Gasteiger partial charge in [0.25, 0.3) is 0 Å². The first kappa shape index (κ1) is 15.5. The molecule has 0 radical (unpaired) electrons. The maximum Gasteiger partial charge on any atom is 0.223 e. The fourth-order valence-electron chi connectivity index (χ4n) is 2.70. The average molecular weight is 335 g/mol. The lowest BCUT2D eigenvalue weighted by Gasteiger charge is -2.04. The van der Waals surface area contributed by atoms with Gasteiger partial charge in [-0.2, -0.15) is 0 Å². The van der Waals surface area contributed by atoms with Crippen LogP contribution < -0.4 is 5.32 Å². The molecular weight excluding hydrogens is 316 g/mol. The molecule has 0 aliphatic heterocycles. The minimum Gasteiger partial charge on any atom is -0.356 e. The molecule has 2 heterocycles. The number of aryl methyl sites for hydroxylation is 1. The Labute approximate surface area is 139 Å². The van der Waals surface area contributed by atoms with E-state index in [4.69, 9.17) is 11.6 Å². The molecule has 1 saturated carbocycles. The number of nitrogens with zero attached hydrogens (tertiary/aromatic N) is 1. The Morgan fingerprint density at radius 1 is 1.36 bits per heavy atom. The second-order valence-electron chi connectivity index (χ2n) is 5.69. The molecule has 0 unspecified atom stereocenters. The number of hydrogen-bond acceptors (Lipinski definition) is 3. The fraction of sp³-hybridized carbons (Fsp3) is 0.412. The van der Waals surface area contributed by atoms with Gasteiger partial charge < -0.3 is 5.32 Å². The van der Waals surface area contributed by atoms with Crippen LogP contribution >= 0.6 is 22.9 Å². The second-order valence-corrected chi connectivity index (χ2v) is 7.49. The monoisotopic (exact) mass is 334 g/mol. The zero-order chi connectivity index (χ0) is 15.4. The van der Waals surface area contributed by atoms with Crippen molar-refractivity contribution in [1.82, 2.24) is 10.3 Å². The van der Waals surface area contributed by atoms with Crippen molar-refractivity contribution < 1.29 is 4.79 Å². The Morgan fingerprint density at radius 2 is 2.27 bits per heavy atom. The summed E-state index contributed by atoms with van der Waals surface area (Å²) in [5.41, 5.74) is 1.18. The van der Waals surface area contributed by atoms with Crippen molar-refractivity contribution in [2.45, 2.75) is 31.6 Å². The quantitative estimate of drug-likeness (QED) is 0.776. The molecule has 1 amide bonds. The minimum absolute atomic E-state index is 0.139. The predicted octanol–water partition coefficient (Wildman–Crippen LogP) is 4.04. The normalized spacial score (nSPS) is 19.9. The van der Waals surface area contributed by atoms with E-state index in [0.29, 0.717) is 5.92 Å². The standard InChI is InChI=1S/C17H19ClN2OS/c18-16-7-6-13(22-16)5-1-2-9-20-17(21)15-10-14(15)12-4-3-8-19-11-12/h3-4,6-8,11,14-15H,1-2,5,9-10H2,(H,20,21)/t14-,15-/m1/s1. The van der Waals surface area contributed by atoms with Gasteiger partial charge in [-0.15, -0.1) is 11.3 Å². The molecule has 116 valence electrons. The van der Waals surface area contributed by atoms with E-state index < -0.39 is 0 Å². The van der Waals surface area contributed by atoms with Gasteiger partial charge in [0.05, 0.1) is 4.34 Å². The molecule has 5 heteroatoms. The molecular formula is C17H19ClN2OS. The van der Waals surface area contributed by atoms with Crippen molar-refractivity contribution in [2.24, 2.45) is 5.92 Å². The largest absolute Gasteiger partial charge is 0.356 e. The first-order valence-corrected chi connectivity index (χ1v) is 8.85. The molecule has 0 bridgehead atoms. The van der Waals surface area contributed by atoms with Crippen LogP contribution in [0.4, 0.5) is 0 Å². The fourth-order valence-corrected chi connectivity index (χ4v) is 3.83. The minimum atomic E-state index is 0.139. The molecule has 2 aromatic heterocycles. The van der Waals surface area contributed by atoms with Gasteiger partial charge in [-0.3, -0.25) is 9.78 Å². The van der Waals surface area contributed by atoms with Crippen molar-refractivity contribution in [2.75, 3.05) is 6.54 Å². The number of unbranched alkanes of at least 4 members (excludes halogenated alkanes) is 1. The van der Waals surface area contributed by atoms with Gasteiger partial charge in [-0.25, -0.2) is 0 Å². The number of rotatable bonds is 7. The summed E-state index contributed by atoms with van der Waals surface area (Å²) in [4.78, 5) is 17.5. The third-order valence-corrected chi connectivity index (χ3v) is 5.31. The van der Waals surface area contributed by atoms with Gasteiger partial charge in [0.2, 0.25) is 5.91 Å². The topological polar surface area (TPSA) is 42.0 Å². The van der Waals surface area contributed by atoms with E-state index in [-0.39, 0.29) is 11.8 Å². The van der Waals surface area contributed by atoms with Crippen LogP contribution in [0.3, 0.4) is 0 Å². The summed E-state index contributed by atoms with van der Waals surface area (Å²) in [7, 11) is 0. The summed E-state index contributed by atoms with van der Waals surface area (Å²) in [5, 5.41) is 3.05. The highest BCUT2D eigenvalue weighted by Gasteiger charge is 2.43. The number of carbonyl (C=O) groups is 1. The number of nitrogens with one attached hydrogen (secondary N) is 1. The number of halogens is 1. The zero-order valence-electron chi connectivity index (χ0n) is 12.3. The van der Waals surface area contributed by atoms with E-state index in [0.717, 1.165) is 36.6 Å². The Balaban J connectivity index is 1.32. The molecule has 0 spiro atoms. The summed E-state index contributed by atoms with van der Waals surface area (Å²) in [6.45, 7) is 0.758. The molecule has 2 atom stereocenters. The maximum absolute atomic E-state index is 12.1.